The smallest absolute Gasteiger partial charge is 0.321 e. The zero-order valence-corrected chi connectivity index (χ0v) is 12.9. The maximum absolute atomic E-state index is 12.2. The predicted octanol–water partition coefficient (Wildman–Crippen LogP) is 3.74. The molecule has 2 amide bonds. The normalized spacial score (nSPS) is 10.3. The van der Waals surface area contributed by atoms with E-state index < -0.39 is 0 Å². The molecular weight excluding hydrogens is 288 g/mol. The van der Waals surface area contributed by atoms with E-state index in [0.717, 1.165) is 22.4 Å². The van der Waals surface area contributed by atoms with Gasteiger partial charge in [0.1, 0.15) is 0 Å². The molecule has 5 nitrogen and oxygen atoms in total. The van der Waals surface area contributed by atoms with Gasteiger partial charge in [0.05, 0.1) is 6.20 Å². The highest BCUT2D eigenvalue weighted by atomic mass is 16.2. The Labute approximate surface area is 135 Å². The molecule has 0 radical (unpaired) electrons. The first kappa shape index (κ1) is 14.8. The van der Waals surface area contributed by atoms with Crippen molar-refractivity contribution in [2.75, 3.05) is 12.4 Å². The van der Waals surface area contributed by atoms with E-state index in [-0.39, 0.29) is 6.03 Å². The van der Waals surface area contributed by atoms with Crippen molar-refractivity contribution in [1.82, 2.24) is 15.1 Å². The Morgan fingerprint density at radius 3 is 2.48 bits per heavy atom. The van der Waals surface area contributed by atoms with Gasteiger partial charge >= 0.3 is 6.03 Å². The fourth-order valence-electron chi connectivity index (χ4n) is 2.30. The summed E-state index contributed by atoms with van der Waals surface area (Å²) in [5.41, 5.74) is 3.93. The third-order valence-electron chi connectivity index (χ3n) is 3.58. The van der Waals surface area contributed by atoms with Crippen molar-refractivity contribution in [2.45, 2.75) is 6.54 Å². The van der Waals surface area contributed by atoms with E-state index >= 15 is 0 Å². The molecule has 2 aromatic carbocycles. The Morgan fingerprint density at radius 2 is 1.83 bits per heavy atom. The van der Waals surface area contributed by atoms with Gasteiger partial charge in [0.25, 0.3) is 0 Å². The largest absolute Gasteiger partial charge is 0.323 e. The molecule has 5 heteroatoms. The zero-order chi connectivity index (χ0) is 16.1. The number of aromatic nitrogens is 2. The van der Waals surface area contributed by atoms with E-state index in [1.54, 1.807) is 18.1 Å². The minimum atomic E-state index is -0.134. The summed E-state index contributed by atoms with van der Waals surface area (Å²) in [6.07, 6.45) is 3.60. The number of carbonyl (C=O) groups is 1. The van der Waals surface area contributed by atoms with Crippen molar-refractivity contribution in [3.05, 3.63) is 72.6 Å². The number of hydrogen-bond acceptors (Lipinski definition) is 2. The molecule has 23 heavy (non-hydrogen) atoms. The number of aromatic amines is 1. The molecule has 0 atom stereocenters. The molecule has 0 bridgehead atoms. The van der Waals surface area contributed by atoms with E-state index in [1.165, 1.54) is 0 Å². The van der Waals surface area contributed by atoms with Crippen LogP contribution >= 0.6 is 0 Å². The molecule has 0 unspecified atom stereocenters. The van der Waals surface area contributed by atoms with Gasteiger partial charge in [0, 0.05) is 31.0 Å². The minimum Gasteiger partial charge on any atom is -0.323 e. The highest BCUT2D eigenvalue weighted by molar-refractivity contribution is 5.89. The van der Waals surface area contributed by atoms with E-state index in [1.807, 2.05) is 60.8 Å². The summed E-state index contributed by atoms with van der Waals surface area (Å²) >= 11 is 0. The maximum atomic E-state index is 12.2. The van der Waals surface area contributed by atoms with Crippen LogP contribution in [0.5, 0.6) is 0 Å². The van der Waals surface area contributed by atoms with E-state index in [9.17, 15) is 4.79 Å². The highest BCUT2D eigenvalue weighted by Crippen LogP contribution is 2.20. The summed E-state index contributed by atoms with van der Waals surface area (Å²) in [6, 6.07) is 17.5. The standard InChI is InChI=1S/C18H18N4O/c1-22(13-14-5-3-2-4-6-14)18(23)21-17-9-7-15(8-10-17)16-11-19-20-12-16/h2-12H,13H2,1H3,(H,19,20)(H,21,23). The van der Waals surface area contributed by atoms with E-state index in [0.29, 0.717) is 6.54 Å². The second-order valence-corrected chi connectivity index (χ2v) is 5.34. The lowest BCUT2D eigenvalue weighted by Gasteiger charge is -2.18. The van der Waals surface area contributed by atoms with Crippen LogP contribution in [0, 0.1) is 0 Å². The topological polar surface area (TPSA) is 61.0 Å². The number of benzene rings is 2. The van der Waals surface area contributed by atoms with Crippen molar-refractivity contribution in [3.8, 4) is 11.1 Å². The van der Waals surface area contributed by atoms with Gasteiger partial charge in [0.2, 0.25) is 0 Å². The van der Waals surface area contributed by atoms with Gasteiger partial charge in [-0.15, -0.1) is 0 Å². The Balaban J connectivity index is 1.61. The molecular formula is C18H18N4O. The van der Waals surface area contributed by atoms with Crippen LogP contribution in [-0.4, -0.2) is 28.2 Å². The molecule has 1 aromatic heterocycles. The number of nitrogens with zero attached hydrogens (tertiary/aromatic N) is 2. The Morgan fingerprint density at radius 1 is 1.09 bits per heavy atom. The number of nitrogens with one attached hydrogen (secondary N) is 2. The monoisotopic (exact) mass is 306 g/mol. The van der Waals surface area contributed by atoms with Crippen molar-refractivity contribution < 1.29 is 4.79 Å². The highest BCUT2D eigenvalue weighted by Gasteiger charge is 2.09. The van der Waals surface area contributed by atoms with Crippen LogP contribution in [0.2, 0.25) is 0 Å². The van der Waals surface area contributed by atoms with Crippen LogP contribution in [-0.2, 0) is 6.54 Å². The Kier molecular flexibility index (Phi) is 4.38. The van der Waals surface area contributed by atoms with Gasteiger partial charge in [0.15, 0.2) is 0 Å². The lowest BCUT2D eigenvalue weighted by atomic mass is 10.1. The van der Waals surface area contributed by atoms with Gasteiger partial charge in [-0.25, -0.2) is 4.79 Å². The molecule has 0 fully saturated rings. The molecule has 0 saturated carbocycles. The first-order valence-electron chi connectivity index (χ1n) is 7.37. The molecule has 0 aliphatic carbocycles. The number of hydrogen-bond donors (Lipinski definition) is 2. The SMILES string of the molecule is CN(Cc1ccccc1)C(=O)Nc1ccc(-c2cn[nH]c2)cc1. The molecule has 1 heterocycles. The second-order valence-electron chi connectivity index (χ2n) is 5.34. The number of amides is 2. The summed E-state index contributed by atoms with van der Waals surface area (Å²) in [6.45, 7) is 0.569. The molecule has 0 aliphatic rings. The average molecular weight is 306 g/mol. The van der Waals surface area contributed by atoms with Gasteiger partial charge in [-0.2, -0.15) is 5.10 Å². The number of carbonyl (C=O) groups excluding carboxylic acids is 1. The van der Waals surface area contributed by atoms with Crippen molar-refractivity contribution in [3.63, 3.8) is 0 Å². The average Bonchev–Trinajstić information content (AvgIpc) is 3.11. The fourth-order valence-corrected chi connectivity index (χ4v) is 2.30. The zero-order valence-electron chi connectivity index (χ0n) is 12.9. The quantitative estimate of drug-likeness (QED) is 0.771. The van der Waals surface area contributed by atoms with Gasteiger partial charge in [-0.05, 0) is 23.3 Å². The summed E-state index contributed by atoms with van der Waals surface area (Å²) in [4.78, 5) is 13.9. The van der Waals surface area contributed by atoms with Crippen LogP contribution in [0.4, 0.5) is 10.5 Å². The van der Waals surface area contributed by atoms with Gasteiger partial charge in [-0.1, -0.05) is 42.5 Å². The van der Waals surface area contributed by atoms with Crippen LogP contribution in [0.25, 0.3) is 11.1 Å². The lowest BCUT2D eigenvalue weighted by Crippen LogP contribution is -2.30. The van der Waals surface area contributed by atoms with Crippen LogP contribution < -0.4 is 5.32 Å². The third kappa shape index (κ3) is 3.77. The van der Waals surface area contributed by atoms with Crippen molar-refractivity contribution >= 4 is 11.7 Å². The van der Waals surface area contributed by atoms with Gasteiger partial charge < -0.3 is 10.2 Å². The first-order valence-corrected chi connectivity index (χ1v) is 7.37. The molecule has 3 rings (SSSR count). The second kappa shape index (κ2) is 6.79. The van der Waals surface area contributed by atoms with Crippen LogP contribution in [0.15, 0.2) is 67.0 Å². The summed E-state index contributed by atoms with van der Waals surface area (Å²) in [5.74, 6) is 0. The summed E-state index contributed by atoms with van der Waals surface area (Å²) < 4.78 is 0. The summed E-state index contributed by atoms with van der Waals surface area (Å²) in [7, 11) is 1.78. The van der Waals surface area contributed by atoms with E-state index in [4.69, 9.17) is 0 Å². The van der Waals surface area contributed by atoms with Crippen LogP contribution in [0.3, 0.4) is 0 Å². The van der Waals surface area contributed by atoms with E-state index in [2.05, 4.69) is 15.5 Å². The molecule has 116 valence electrons. The lowest BCUT2D eigenvalue weighted by molar-refractivity contribution is 0.220. The van der Waals surface area contributed by atoms with Crippen molar-refractivity contribution in [2.24, 2.45) is 0 Å². The fraction of sp³-hybridized carbons (Fsp3) is 0.111. The summed E-state index contributed by atoms with van der Waals surface area (Å²) in [5, 5.41) is 9.62. The molecule has 0 aliphatic heterocycles. The van der Waals surface area contributed by atoms with Gasteiger partial charge in [-0.3, -0.25) is 5.10 Å². The molecule has 2 N–H and O–H groups in total. The first-order chi connectivity index (χ1) is 11.2. The number of rotatable bonds is 4. The van der Waals surface area contributed by atoms with Crippen molar-refractivity contribution in [1.29, 1.82) is 0 Å². The molecule has 0 saturated heterocycles. The van der Waals surface area contributed by atoms with Crippen LogP contribution in [0.1, 0.15) is 5.56 Å². The predicted molar refractivity (Wildman–Crippen MR) is 91.0 cm³/mol. The number of urea groups is 1. The number of H-pyrrole nitrogens is 1. The maximum Gasteiger partial charge on any atom is 0.321 e. The Bertz CT molecular complexity index is 751. The Hall–Kier alpha value is -3.08. The molecule has 0 spiro atoms. The molecule has 3 aromatic rings. The number of anilines is 1. The minimum absolute atomic E-state index is 0.134. The third-order valence-corrected chi connectivity index (χ3v) is 3.58.